The molecule has 33 heavy (non-hydrogen) atoms. The number of ether oxygens (including phenoxy) is 2. The molecule has 0 heterocycles. The Morgan fingerprint density at radius 3 is 1.70 bits per heavy atom. The van der Waals surface area contributed by atoms with Crippen LogP contribution in [-0.4, -0.2) is 25.4 Å². The molecule has 1 aromatic rings. The van der Waals surface area contributed by atoms with E-state index in [2.05, 4.69) is 19.1 Å². The average Bonchev–Trinajstić information content (AvgIpc) is 2.84. The number of aliphatic hydroxyl groups is 1. The quantitative estimate of drug-likeness (QED) is 0.156. The zero-order chi connectivity index (χ0) is 23.8. The second-order valence-electron chi connectivity index (χ2n) is 9.81. The van der Waals surface area contributed by atoms with E-state index in [1.54, 1.807) is 7.11 Å². The molecule has 0 aliphatic heterocycles. The molecule has 0 aromatic heterocycles. The van der Waals surface area contributed by atoms with E-state index in [-0.39, 0.29) is 0 Å². The summed E-state index contributed by atoms with van der Waals surface area (Å²) in [6, 6.07) is 8.21. The third-order valence-corrected chi connectivity index (χ3v) is 6.83. The van der Waals surface area contributed by atoms with Gasteiger partial charge in [-0.05, 0) is 36.5 Å². The standard InChI is InChI=1S/C30H54O3/c1-3-4-5-6-9-12-15-18-28(19-16-13-10-7-8-11-14-17-25-31)24-26-33-27-29-20-22-30(32-2)23-21-29/h20-23,28,31H,3-19,24-27H2,1-2H3. The molecule has 0 bridgehead atoms. The molecule has 0 fully saturated rings. The van der Waals surface area contributed by atoms with Gasteiger partial charge in [0.15, 0.2) is 0 Å². The van der Waals surface area contributed by atoms with Crippen LogP contribution in [0.15, 0.2) is 24.3 Å². The number of rotatable bonds is 24. The summed E-state index contributed by atoms with van der Waals surface area (Å²) in [6.07, 6.45) is 24.0. The molecular formula is C30H54O3. The van der Waals surface area contributed by atoms with Gasteiger partial charge in [0.2, 0.25) is 0 Å². The third kappa shape index (κ3) is 18.0. The van der Waals surface area contributed by atoms with Gasteiger partial charge in [-0.3, -0.25) is 0 Å². The van der Waals surface area contributed by atoms with Gasteiger partial charge in [0, 0.05) is 13.2 Å². The van der Waals surface area contributed by atoms with Crippen LogP contribution in [0.2, 0.25) is 0 Å². The second-order valence-corrected chi connectivity index (χ2v) is 9.81. The Labute approximate surface area is 205 Å². The highest BCUT2D eigenvalue weighted by molar-refractivity contribution is 5.26. The Balaban J connectivity index is 2.20. The van der Waals surface area contributed by atoms with E-state index in [1.165, 1.54) is 115 Å². The Kier molecular flexibility index (Phi) is 20.6. The zero-order valence-electron chi connectivity index (χ0n) is 22.0. The van der Waals surface area contributed by atoms with Crippen molar-refractivity contribution in [1.82, 2.24) is 0 Å². The van der Waals surface area contributed by atoms with Crippen LogP contribution >= 0.6 is 0 Å². The molecule has 0 amide bonds. The van der Waals surface area contributed by atoms with Gasteiger partial charge >= 0.3 is 0 Å². The molecule has 192 valence electrons. The smallest absolute Gasteiger partial charge is 0.118 e. The van der Waals surface area contributed by atoms with Crippen molar-refractivity contribution < 1.29 is 14.6 Å². The lowest BCUT2D eigenvalue weighted by Gasteiger charge is -2.17. The molecule has 0 saturated carbocycles. The Morgan fingerprint density at radius 2 is 1.18 bits per heavy atom. The molecule has 1 aromatic carbocycles. The molecule has 0 aliphatic rings. The molecule has 3 nitrogen and oxygen atoms in total. The van der Waals surface area contributed by atoms with E-state index in [0.29, 0.717) is 13.2 Å². The third-order valence-electron chi connectivity index (χ3n) is 6.83. The maximum atomic E-state index is 8.86. The topological polar surface area (TPSA) is 38.7 Å². The molecule has 3 heteroatoms. The van der Waals surface area contributed by atoms with Crippen molar-refractivity contribution in [3.63, 3.8) is 0 Å². The first-order valence-electron chi connectivity index (χ1n) is 14.1. The fourth-order valence-corrected chi connectivity index (χ4v) is 4.59. The first kappa shape index (κ1) is 30.0. The van der Waals surface area contributed by atoms with Crippen LogP contribution in [0.3, 0.4) is 0 Å². The van der Waals surface area contributed by atoms with Crippen LogP contribution in [0.4, 0.5) is 0 Å². The fraction of sp³-hybridized carbons (Fsp3) is 0.800. The van der Waals surface area contributed by atoms with Crippen molar-refractivity contribution in [1.29, 1.82) is 0 Å². The number of benzene rings is 1. The predicted octanol–water partition coefficient (Wildman–Crippen LogP) is 8.86. The number of hydrogen-bond donors (Lipinski definition) is 1. The van der Waals surface area contributed by atoms with Crippen molar-refractivity contribution in [2.75, 3.05) is 20.3 Å². The van der Waals surface area contributed by atoms with Crippen molar-refractivity contribution in [2.45, 2.75) is 129 Å². The molecule has 0 spiro atoms. The molecule has 0 radical (unpaired) electrons. The highest BCUT2D eigenvalue weighted by Crippen LogP contribution is 2.23. The van der Waals surface area contributed by atoms with Crippen LogP contribution in [0.25, 0.3) is 0 Å². The van der Waals surface area contributed by atoms with E-state index in [9.17, 15) is 0 Å². The highest BCUT2D eigenvalue weighted by atomic mass is 16.5. The summed E-state index contributed by atoms with van der Waals surface area (Å²) in [4.78, 5) is 0. The monoisotopic (exact) mass is 462 g/mol. The minimum absolute atomic E-state index is 0.351. The van der Waals surface area contributed by atoms with Crippen molar-refractivity contribution in [3.05, 3.63) is 29.8 Å². The molecule has 1 unspecified atom stereocenters. The summed E-state index contributed by atoms with van der Waals surface area (Å²) in [5.41, 5.74) is 1.22. The first-order valence-corrected chi connectivity index (χ1v) is 14.1. The number of unbranched alkanes of at least 4 members (excludes halogenated alkanes) is 13. The van der Waals surface area contributed by atoms with Gasteiger partial charge in [-0.2, -0.15) is 0 Å². The van der Waals surface area contributed by atoms with Crippen molar-refractivity contribution in [3.8, 4) is 5.75 Å². The summed E-state index contributed by atoms with van der Waals surface area (Å²) in [7, 11) is 1.70. The van der Waals surface area contributed by atoms with Crippen molar-refractivity contribution >= 4 is 0 Å². The van der Waals surface area contributed by atoms with Gasteiger partial charge in [0.1, 0.15) is 5.75 Å². The maximum absolute atomic E-state index is 8.86. The fourth-order valence-electron chi connectivity index (χ4n) is 4.59. The van der Waals surface area contributed by atoms with Crippen LogP contribution in [-0.2, 0) is 11.3 Å². The van der Waals surface area contributed by atoms with Gasteiger partial charge in [0.05, 0.1) is 13.7 Å². The predicted molar refractivity (Wildman–Crippen MR) is 142 cm³/mol. The molecule has 0 saturated heterocycles. The van der Waals surface area contributed by atoms with Crippen LogP contribution in [0.5, 0.6) is 5.75 Å². The molecule has 1 N–H and O–H groups in total. The van der Waals surface area contributed by atoms with Crippen molar-refractivity contribution in [2.24, 2.45) is 5.92 Å². The molecule has 0 aliphatic carbocycles. The molecule has 1 rings (SSSR count). The minimum Gasteiger partial charge on any atom is -0.497 e. The van der Waals surface area contributed by atoms with Gasteiger partial charge in [-0.15, -0.1) is 0 Å². The summed E-state index contributed by atoms with van der Waals surface area (Å²) >= 11 is 0. The van der Waals surface area contributed by atoms with Crippen LogP contribution in [0, 0.1) is 5.92 Å². The minimum atomic E-state index is 0.351. The summed E-state index contributed by atoms with van der Waals surface area (Å²) < 4.78 is 11.3. The van der Waals surface area contributed by atoms with Crippen LogP contribution in [0.1, 0.15) is 128 Å². The van der Waals surface area contributed by atoms with Gasteiger partial charge < -0.3 is 14.6 Å². The lowest BCUT2D eigenvalue weighted by atomic mass is 9.91. The van der Waals surface area contributed by atoms with E-state index < -0.39 is 0 Å². The Hall–Kier alpha value is -1.06. The molecule has 1 atom stereocenters. The van der Waals surface area contributed by atoms with E-state index in [4.69, 9.17) is 14.6 Å². The zero-order valence-corrected chi connectivity index (χ0v) is 22.0. The van der Waals surface area contributed by atoms with E-state index in [1.807, 2.05) is 12.1 Å². The first-order chi connectivity index (χ1) is 16.3. The maximum Gasteiger partial charge on any atom is 0.118 e. The largest absolute Gasteiger partial charge is 0.497 e. The lowest BCUT2D eigenvalue weighted by Crippen LogP contribution is -2.06. The molecular weight excluding hydrogens is 408 g/mol. The number of aliphatic hydroxyl groups excluding tert-OH is 1. The summed E-state index contributed by atoms with van der Waals surface area (Å²) in [5, 5.41) is 8.86. The van der Waals surface area contributed by atoms with Gasteiger partial charge in [-0.25, -0.2) is 0 Å². The van der Waals surface area contributed by atoms with E-state index in [0.717, 1.165) is 24.7 Å². The lowest BCUT2D eigenvalue weighted by molar-refractivity contribution is 0.104. The normalized spacial score (nSPS) is 12.2. The summed E-state index contributed by atoms with van der Waals surface area (Å²) in [5.74, 6) is 1.72. The Morgan fingerprint density at radius 1 is 0.667 bits per heavy atom. The number of methoxy groups -OCH3 is 1. The highest BCUT2D eigenvalue weighted by Gasteiger charge is 2.09. The Bertz CT molecular complexity index is 514. The van der Waals surface area contributed by atoms with Gasteiger partial charge in [-0.1, -0.05) is 122 Å². The number of hydrogen-bond acceptors (Lipinski definition) is 3. The average molecular weight is 463 g/mol. The van der Waals surface area contributed by atoms with E-state index >= 15 is 0 Å². The van der Waals surface area contributed by atoms with Gasteiger partial charge in [0.25, 0.3) is 0 Å². The SMILES string of the molecule is CCCCCCCCCC(CCCCCCCCCCO)CCOCc1ccc(OC)cc1. The summed E-state index contributed by atoms with van der Waals surface area (Å²) in [6.45, 7) is 4.21. The second kappa shape index (κ2) is 22.7. The van der Waals surface area contributed by atoms with Crippen LogP contribution < -0.4 is 4.74 Å².